The number of nitrogens with one attached hydrogen (secondary N) is 1. The summed E-state index contributed by atoms with van der Waals surface area (Å²) < 4.78 is 23.9. The summed E-state index contributed by atoms with van der Waals surface area (Å²) in [6.45, 7) is 3.33. The fourth-order valence-electron chi connectivity index (χ4n) is 3.81. The first-order valence-corrected chi connectivity index (χ1v) is 12.7. The molecule has 0 radical (unpaired) electrons. The van der Waals surface area contributed by atoms with Gasteiger partial charge in [-0.1, -0.05) is 24.3 Å². The molecule has 0 amide bonds. The molecule has 4 aromatic rings. The maximum Gasteiger partial charge on any atom is 0.328 e. The van der Waals surface area contributed by atoms with Gasteiger partial charge in [-0.05, 0) is 66.9 Å². The minimum Gasteiger partial charge on any atom is -0.478 e. The van der Waals surface area contributed by atoms with Crippen molar-refractivity contribution in [2.75, 3.05) is 6.26 Å². The molecule has 7 nitrogen and oxygen atoms in total. The standard InChI is InChI=1S/C27H24N2O5S/c1-27(2,35(3,33)34)21-13-19-8-5-11-28-25(19)22(15-21)20-14-23(26(32)29-16-20)18-7-4-6-17(12-18)9-10-24(30)31/h4-16H,1-3H3,(H,29,32)(H,30,31). The molecule has 0 fully saturated rings. The van der Waals surface area contributed by atoms with Crippen molar-refractivity contribution in [1.82, 2.24) is 9.97 Å². The summed E-state index contributed by atoms with van der Waals surface area (Å²) in [6, 6.07) is 16.0. The molecule has 8 heteroatoms. The molecular formula is C27H24N2O5S. The maximum absolute atomic E-state index is 12.7. The van der Waals surface area contributed by atoms with Gasteiger partial charge in [-0.2, -0.15) is 0 Å². The number of fused-ring (bicyclic) bond motifs is 1. The first-order valence-electron chi connectivity index (χ1n) is 10.8. The van der Waals surface area contributed by atoms with E-state index in [0.29, 0.717) is 38.9 Å². The molecule has 2 N–H and O–H groups in total. The third-order valence-corrected chi connectivity index (χ3v) is 8.25. The van der Waals surface area contributed by atoms with Crippen LogP contribution < -0.4 is 5.56 Å². The molecule has 0 saturated carbocycles. The number of hydrogen-bond donors (Lipinski definition) is 2. The smallest absolute Gasteiger partial charge is 0.328 e. The van der Waals surface area contributed by atoms with Gasteiger partial charge in [-0.3, -0.25) is 9.78 Å². The van der Waals surface area contributed by atoms with Gasteiger partial charge in [-0.25, -0.2) is 13.2 Å². The lowest BCUT2D eigenvalue weighted by Crippen LogP contribution is -2.28. The molecule has 0 saturated heterocycles. The molecule has 0 aliphatic carbocycles. The van der Waals surface area contributed by atoms with Crippen LogP contribution in [-0.4, -0.2) is 35.7 Å². The lowest BCUT2D eigenvalue weighted by molar-refractivity contribution is -0.131. The topological polar surface area (TPSA) is 117 Å². The van der Waals surface area contributed by atoms with E-state index in [4.69, 9.17) is 5.11 Å². The summed E-state index contributed by atoms with van der Waals surface area (Å²) in [5, 5.41) is 9.68. The Morgan fingerprint density at radius 3 is 2.51 bits per heavy atom. The van der Waals surface area contributed by atoms with Crippen LogP contribution in [0.25, 0.3) is 39.2 Å². The lowest BCUT2D eigenvalue weighted by atomic mass is 9.93. The van der Waals surface area contributed by atoms with Crippen molar-refractivity contribution in [2.24, 2.45) is 0 Å². The van der Waals surface area contributed by atoms with E-state index in [0.717, 1.165) is 11.5 Å². The molecule has 0 atom stereocenters. The summed E-state index contributed by atoms with van der Waals surface area (Å²) in [5.41, 5.74) is 3.99. The van der Waals surface area contributed by atoms with Crippen molar-refractivity contribution in [3.05, 3.63) is 94.5 Å². The van der Waals surface area contributed by atoms with Crippen LogP contribution in [-0.2, 0) is 19.4 Å². The molecule has 2 aromatic heterocycles. The average molecular weight is 489 g/mol. The van der Waals surface area contributed by atoms with E-state index in [1.807, 2.05) is 12.1 Å². The van der Waals surface area contributed by atoms with E-state index in [1.165, 1.54) is 12.3 Å². The predicted molar refractivity (Wildman–Crippen MR) is 138 cm³/mol. The molecule has 35 heavy (non-hydrogen) atoms. The highest BCUT2D eigenvalue weighted by atomic mass is 32.2. The van der Waals surface area contributed by atoms with E-state index in [2.05, 4.69) is 9.97 Å². The fourth-order valence-corrected chi connectivity index (χ4v) is 4.35. The van der Waals surface area contributed by atoms with Crippen LogP contribution in [0.3, 0.4) is 0 Å². The minimum absolute atomic E-state index is 0.307. The number of rotatable bonds is 6. The minimum atomic E-state index is -3.42. The number of H-pyrrole nitrogens is 1. The second-order valence-electron chi connectivity index (χ2n) is 8.81. The number of benzene rings is 2. The fraction of sp³-hybridized carbons (Fsp3) is 0.148. The van der Waals surface area contributed by atoms with Crippen molar-refractivity contribution in [3.8, 4) is 22.3 Å². The number of aromatic nitrogens is 2. The molecule has 0 aliphatic rings. The molecule has 2 heterocycles. The zero-order chi connectivity index (χ0) is 25.4. The van der Waals surface area contributed by atoms with Crippen LogP contribution >= 0.6 is 0 Å². The van der Waals surface area contributed by atoms with Crippen LogP contribution in [0.15, 0.2) is 77.9 Å². The Morgan fingerprint density at radius 2 is 1.80 bits per heavy atom. The Morgan fingerprint density at radius 1 is 1.03 bits per heavy atom. The number of carboxylic acid groups (broad SMARTS) is 1. The zero-order valence-corrected chi connectivity index (χ0v) is 20.3. The monoisotopic (exact) mass is 488 g/mol. The molecule has 178 valence electrons. The highest BCUT2D eigenvalue weighted by Crippen LogP contribution is 2.36. The van der Waals surface area contributed by atoms with Gasteiger partial charge < -0.3 is 10.1 Å². The van der Waals surface area contributed by atoms with Gasteiger partial charge in [0, 0.05) is 46.8 Å². The van der Waals surface area contributed by atoms with Crippen LogP contribution in [0.2, 0.25) is 0 Å². The number of carbonyl (C=O) groups is 1. The highest BCUT2D eigenvalue weighted by Gasteiger charge is 2.33. The van der Waals surface area contributed by atoms with Crippen molar-refractivity contribution in [1.29, 1.82) is 0 Å². The quantitative estimate of drug-likeness (QED) is 0.382. The van der Waals surface area contributed by atoms with Crippen molar-refractivity contribution in [3.63, 3.8) is 0 Å². The molecule has 0 bridgehead atoms. The summed E-state index contributed by atoms with van der Waals surface area (Å²) in [4.78, 5) is 30.9. The molecule has 0 spiro atoms. The van der Waals surface area contributed by atoms with Gasteiger partial charge in [-0.15, -0.1) is 0 Å². The molecular weight excluding hydrogens is 464 g/mol. The number of sulfone groups is 1. The van der Waals surface area contributed by atoms with Crippen LogP contribution in [0.1, 0.15) is 25.0 Å². The number of hydrogen-bond acceptors (Lipinski definition) is 5. The Balaban J connectivity index is 1.93. The number of carboxylic acids is 1. The van der Waals surface area contributed by atoms with E-state index >= 15 is 0 Å². The number of aromatic amines is 1. The van der Waals surface area contributed by atoms with Gasteiger partial charge in [0.1, 0.15) is 0 Å². The summed E-state index contributed by atoms with van der Waals surface area (Å²) >= 11 is 0. The van der Waals surface area contributed by atoms with Crippen LogP contribution in [0, 0.1) is 0 Å². The van der Waals surface area contributed by atoms with Gasteiger partial charge in [0.2, 0.25) is 0 Å². The average Bonchev–Trinajstić information content (AvgIpc) is 2.82. The van der Waals surface area contributed by atoms with Crippen molar-refractivity contribution in [2.45, 2.75) is 18.6 Å². The van der Waals surface area contributed by atoms with E-state index < -0.39 is 20.6 Å². The zero-order valence-electron chi connectivity index (χ0n) is 19.4. The first-order chi connectivity index (χ1) is 16.5. The lowest BCUT2D eigenvalue weighted by Gasteiger charge is -2.24. The third-order valence-electron chi connectivity index (χ3n) is 6.16. The van der Waals surface area contributed by atoms with Gasteiger partial charge in [0.25, 0.3) is 5.56 Å². The summed E-state index contributed by atoms with van der Waals surface area (Å²) in [6.07, 6.45) is 6.95. The van der Waals surface area contributed by atoms with Crippen molar-refractivity contribution < 1.29 is 18.3 Å². The highest BCUT2D eigenvalue weighted by molar-refractivity contribution is 7.91. The third kappa shape index (κ3) is 4.79. The molecule has 0 aliphatic heterocycles. The van der Waals surface area contributed by atoms with Crippen LogP contribution in [0.5, 0.6) is 0 Å². The van der Waals surface area contributed by atoms with E-state index in [-0.39, 0.29) is 5.56 Å². The van der Waals surface area contributed by atoms with Gasteiger partial charge in [0.05, 0.1) is 10.3 Å². The summed E-state index contributed by atoms with van der Waals surface area (Å²) in [5.74, 6) is -1.06. The Bertz CT molecular complexity index is 1650. The number of aliphatic carboxylic acids is 1. The second-order valence-corrected chi connectivity index (χ2v) is 11.4. The maximum atomic E-state index is 12.7. The molecule has 0 unspecified atom stereocenters. The van der Waals surface area contributed by atoms with E-state index in [9.17, 15) is 18.0 Å². The second kappa shape index (κ2) is 8.96. The first kappa shape index (κ1) is 24.1. The summed E-state index contributed by atoms with van der Waals surface area (Å²) in [7, 11) is -3.42. The van der Waals surface area contributed by atoms with Gasteiger partial charge >= 0.3 is 5.97 Å². The van der Waals surface area contributed by atoms with Crippen molar-refractivity contribution >= 4 is 32.8 Å². The Hall–Kier alpha value is -4.04. The molecule has 2 aromatic carbocycles. The van der Waals surface area contributed by atoms with Crippen LogP contribution in [0.4, 0.5) is 0 Å². The predicted octanol–water partition coefficient (Wildman–Crippen LogP) is 4.63. The normalized spacial score (nSPS) is 12.3. The van der Waals surface area contributed by atoms with Gasteiger partial charge in [0.15, 0.2) is 9.84 Å². The SMILES string of the molecule is CC(C)(c1cc(-c2c[nH]c(=O)c(-c3cccc(C=CC(=O)O)c3)c2)c2ncccc2c1)S(C)(=O)=O. The number of pyridine rings is 2. The molecule has 4 rings (SSSR count). The number of nitrogens with zero attached hydrogens (tertiary/aromatic N) is 1. The Kier molecular flexibility index (Phi) is 6.17. The largest absolute Gasteiger partial charge is 0.478 e. The Labute approximate surface area is 202 Å². The van der Waals surface area contributed by atoms with E-state index in [1.54, 1.807) is 68.7 Å².